The van der Waals surface area contributed by atoms with E-state index in [9.17, 15) is 9.59 Å². The largest absolute Gasteiger partial charge is 0.483 e. The molecule has 1 aliphatic rings. The third-order valence-electron chi connectivity index (χ3n) is 5.15. The Kier molecular flexibility index (Phi) is 6.19. The molecule has 0 saturated carbocycles. The molecule has 1 fully saturated rings. The number of aryl methyl sites for hydroxylation is 1. The number of nitrogens with one attached hydrogen (secondary N) is 1. The van der Waals surface area contributed by atoms with E-state index in [2.05, 4.69) is 10.2 Å². The summed E-state index contributed by atoms with van der Waals surface area (Å²) in [5, 5.41) is 2.86. The Bertz CT molecular complexity index is 841. The first-order valence-corrected chi connectivity index (χ1v) is 9.53. The van der Waals surface area contributed by atoms with Gasteiger partial charge < -0.3 is 19.9 Å². The fraction of sp³-hybridized carbons (Fsp3) is 0.364. The minimum atomic E-state index is -0.191. The lowest BCUT2D eigenvalue weighted by Crippen LogP contribution is -2.48. The molecule has 2 aromatic rings. The molecule has 3 rings (SSSR count). The second-order valence-electron chi connectivity index (χ2n) is 7.07. The number of carbonyl (C=O) groups excluding carboxylic acids is 2. The molecule has 0 spiro atoms. The van der Waals surface area contributed by atoms with Gasteiger partial charge in [-0.15, -0.1) is 0 Å². The summed E-state index contributed by atoms with van der Waals surface area (Å²) < 4.78 is 5.65. The maximum atomic E-state index is 12.2. The summed E-state index contributed by atoms with van der Waals surface area (Å²) in [7, 11) is 0. The maximum Gasteiger partial charge on any atom is 0.262 e. The van der Waals surface area contributed by atoms with E-state index in [4.69, 9.17) is 4.74 Å². The molecule has 0 unspecified atom stereocenters. The molecule has 28 heavy (non-hydrogen) atoms. The molecule has 6 heteroatoms. The van der Waals surface area contributed by atoms with Gasteiger partial charge >= 0.3 is 0 Å². The Morgan fingerprint density at radius 2 is 1.68 bits per heavy atom. The topological polar surface area (TPSA) is 61.9 Å². The molecular formula is C22H27N3O3. The molecule has 0 aliphatic carbocycles. The lowest BCUT2D eigenvalue weighted by atomic mass is 10.1. The number of nitrogens with zero attached hydrogens (tertiary/aromatic N) is 2. The monoisotopic (exact) mass is 381 g/mol. The summed E-state index contributed by atoms with van der Waals surface area (Å²) in [5.74, 6) is 0.666. The Morgan fingerprint density at radius 3 is 2.32 bits per heavy atom. The minimum Gasteiger partial charge on any atom is -0.483 e. The molecule has 0 radical (unpaired) electrons. The highest BCUT2D eigenvalue weighted by molar-refractivity contribution is 5.92. The summed E-state index contributed by atoms with van der Waals surface area (Å²) in [6.07, 6.45) is 0. The average molecular weight is 381 g/mol. The number of amides is 2. The van der Waals surface area contributed by atoms with E-state index in [1.807, 2.05) is 61.2 Å². The van der Waals surface area contributed by atoms with Gasteiger partial charge in [-0.05, 0) is 55.3 Å². The van der Waals surface area contributed by atoms with Gasteiger partial charge in [0.2, 0.25) is 5.91 Å². The van der Waals surface area contributed by atoms with E-state index in [-0.39, 0.29) is 18.4 Å². The summed E-state index contributed by atoms with van der Waals surface area (Å²) in [6, 6.07) is 13.6. The highest BCUT2D eigenvalue weighted by Crippen LogP contribution is 2.21. The van der Waals surface area contributed by atoms with Gasteiger partial charge in [-0.2, -0.15) is 0 Å². The molecule has 1 heterocycles. The third-order valence-corrected chi connectivity index (χ3v) is 5.15. The fourth-order valence-electron chi connectivity index (χ4n) is 3.26. The van der Waals surface area contributed by atoms with Gasteiger partial charge in [-0.25, -0.2) is 0 Å². The lowest BCUT2D eigenvalue weighted by molar-refractivity contribution is -0.129. The van der Waals surface area contributed by atoms with Crippen molar-refractivity contribution in [3.63, 3.8) is 0 Å². The van der Waals surface area contributed by atoms with Crippen LogP contribution >= 0.6 is 0 Å². The molecule has 1 N–H and O–H groups in total. The van der Waals surface area contributed by atoms with Crippen molar-refractivity contribution >= 4 is 23.2 Å². The Hall–Kier alpha value is -3.02. The van der Waals surface area contributed by atoms with Crippen LogP contribution in [0.3, 0.4) is 0 Å². The molecule has 148 valence electrons. The number of rotatable bonds is 5. The average Bonchev–Trinajstić information content (AvgIpc) is 2.70. The van der Waals surface area contributed by atoms with Crippen LogP contribution in [-0.4, -0.2) is 49.5 Å². The van der Waals surface area contributed by atoms with E-state index in [1.165, 1.54) is 0 Å². The van der Waals surface area contributed by atoms with Crippen molar-refractivity contribution in [2.75, 3.05) is 43.0 Å². The Balaban J connectivity index is 1.51. The minimum absolute atomic E-state index is 0.0287. The van der Waals surface area contributed by atoms with Gasteiger partial charge in [0.15, 0.2) is 6.61 Å². The molecule has 0 bridgehead atoms. The van der Waals surface area contributed by atoms with E-state index in [0.717, 1.165) is 54.4 Å². The van der Waals surface area contributed by atoms with E-state index < -0.39 is 0 Å². The van der Waals surface area contributed by atoms with Crippen LogP contribution in [0, 0.1) is 13.8 Å². The van der Waals surface area contributed by atoms with Crippen molar-refractivity contribution < 1.29 is 14.3 Å². The first kappa shape index (κ1) is 19.7. The number of anilines is 2. The van der Waals surface area contributed by atoms with Gasteiger partial charge in [-0.1, -0.05) is 12.1 Å². The summed E-state index contributed by atoms with van der Waals surface area (Å²) in [4.78, 5) is 27.7. The van der Waals surface area contributed by atoms with E-state index >= 15 is 0 Å². The van der Waals surface area contributed by atoms with Crippen LogP contribution in [0.15, 0.2) is 42.5 Å². The zero-order valence-corrected chi connectivity index (χ0v) is 16.7. The molecule has 6 nitrogen and oxygen atoms in total. The number of hydrogen-bond donors (Lipinski definition) is 1. The molecule has 1 saturated heterocycles. The van der Waals surface area contributed by atoms with Crippen LogP contribution < -0.4 is 15.0 Å². The second-order valence-corrected chi connectivity index (χ2v) is 7.07. The summed E-state index contributed by atoms with van der Waals surface area (Å²) in [6.45, 7) is 8.69. The van der Waals surface area contributed by atoms with Crippen LogP contribution in [0.2, 0.25) is 0 Å². The Morgan fingerprint density at radius 1 is 1.00 bits per heavy atom. The standard InChI is InChI=1S/C22H27N3O3/c1-16-5-4-6-21(17(16)2)28-15-22(27)23-19-7-9-20(10-8-19)25-13-11-24(12-14-25)18(3)26/h4-10H,11-15H2,1-3H3,(H,23,27). The quantitative estimate of drug-likeness (QED) is 0.865. The van der Waals surface area contributed by atoms with Gasteiger partial charge in [0.25, 0.3) is 5.91 Å². The van der Waals surface area contributed by atoms with Crippen molar-refractivity contribution in [2.24, 2.45) is 0 Å². The van der Waals surface area contributed by atoms with Crippen LogP contribution in [0.1, 0.15) is 18.1 Å². The normalized spacial score (nSPS) is 14.0. The van der Waals surface area contributed by atoms with Crippen LogP contribution in [0.5, 0.6) is 5.75 Å². The maximum absolute atomic E-state index is 12.2. The molecule has 0 atom stereocenters. The fourth-order valence-corrected chi connectivity index (χ4v) is 3.26. The highest BCUT2D eigenvalue weighted by atomic mass is 16.5. The SMILES string of the molecule is CC(=O)N1CCN(c2ccc(NC(=O)COc3cccc(C)c3C)cc2)CC1. The van der Waals surface area contributed by atoms with Crippen LogP contribution in [-0.2, 0) is 9.59 Å². The van der Waals surface area contributed by atoms with Crippen LogP contribution in [0.4, 0.5) is 11.4 Å². The van der Waals surface area contributed by atoms with Gasteiger partial charge in [-0.3, -0.25) is 9.59 Å². The highest BCUT2D eigenvalue weighted by Gasteiger charge is 2.18. The van der Waals surface area contributed by atoms with E-state index in [1.54, 1.807) is 6.92 Å². The van der Waals surface area contributed by atoms with Crippen molar-refractivity contribution in [1.29, 1.82) is 0 Å². The van der Waals surface area contributed by atoms with Gasteiger partial charge in [0, 0.05) is 44.5 Å². The molecule has 1 aliphatic heterocycles. The van der Waals surface area contributed by atoms with Gasteiger partial charge in [0.1, 0.15) is 5.75 Å². The number of benzene rings is 2. The molecule has 0 aromatic heterocycles. The summed E-state index contributed by atoms with van der Waals surface area (Å²) >= 11 is 0. The predicted molar refractivity (Wildman–Crippen MR) is 111 cm³/mol. The van der Waals surface area contributed by atoms with Crippen molar-refractivity contribution in [2.45, 2.75) is 20.8 Å². The van der Waals surface area contributed by atoms with Crippen molar-refractivity contribution in [3.05, 3.63) is 53.6 Å². The number of piperazine rings is 1. The number of carbonyl (C=O) groups is 2. The number of hydrogen-bond acceptors (Lipinski definition) is 4. The molecule has 2 amide bonds. The molecule has 2 aromatic carbocycles. The van der Waals surface area contributed by atoms with E-state index in [0.29, 0.717) is 0 Å². The molecular weight excluding hydrogens is 354 g/mol. The predicted octanol–water partition coefficient (Wildman–Crippen LogP) is 2.99. The smallest absolute Gasteiger partial charge is 0.262 e. The van der Waals surface area contributed by atoms with Crippen molar-refractivity contribution in [1.82, 2.24) is 4.90 Å². The zero-order valence-electron chi connectivity index (χ0n) is 16.7. The first-order valence-electron chi connectivity index (χ1n) is 9.53. The second kappa shape index (κ2) is 8.78. The van der Waals surface area contributed by atoms with Crippen molar-refractivity contribution in [3.8, 4) is 5.75 Å². The third kappa shape index (κ3) is 4.82. The van der Waals surface area contributed by atoms with Crippen LogP contribution in [0.25, 0.3) is 0 Å². The number of ether oxygens (including phenoxy) is 1. The first-order chi connectivity index (χ1) is 13.4. The Labute approximate surface area is 166 Å². The zero-order chi connectivity index (χ0) is 20.1. The lowest BCUT2D eigenvalue weighted by Gasteiger charge is -2.35. The summed E-state index contributed by atoms with van der Waals surface area (Å²) in [5.41, 5.74) is 4.01. The van der Waals surface area contributed by atoms with Gasteiger partial charge in [0.05, 0.1) is 0 Å².